The second-order valence-electron chi connectivity index (χ2n) is 4.75. The van der Waals surface area contributed by atoms with Gasteiger partial charge in [0.25, 0.3) is 0 Å². The van der Waals surface area contributed by atoms with Crippen LogP contribution in [-0.2, 0) is 6.42 Å². The molecule has 0 unspecified atom stereocenters. The molecule has 0 fully saturated rings. The number of H-pyrrole nitrogens is 1. The van der Waals surface area contributed by atoms with E-state index in [2.05, 4.69) is 52.5 Å². The largest absolute Gasteiger partial charge is 0.384 e. The average Bonchev–Trinajstić information content (AvgIpc) is 2.97. The third-order valence-electron chi connectivity index (χ3n) is 3.13. The average molecular weight is 228 g/mol. The van der Waals surface area contributed by atoms with Gasteiger partial charge < -0.3 is 5.32 Å². The summed E-state index contributed by atoms with van der Waals surface area (Å²) in [6.45, 7) is 5.24. The molecule has 88 valence electrons. The fraction of sp³-hybridized carbons (Fsp3) is 0.385. The van der Waals surface area contributed by atoms with E-state index in [9.17, 15) is 0 Å². The summed E-state index contributed by atoms with van der Waals surface area (Å²) in [4.78, 5) is 4.51. The lowest BCUT2D eigenvalue weighted by atomic mass is 10.1. The van der Waals surface area contributed by atoms with Crippen LogP contribution in [-0.4, -0.2) is 21.7 Å². The fourth-order valence-corrected chi connectivity index (χ4v) is 2.09. The molecular formula is C13H16N4. The van der Waals surface area contributed by atoms with Crippen molar-refractivity contribution in [3.8, 4) is 11.4 Å². The molecule has 2 N–H and O–H groups in total. The third kappa shape index (κ3) is 1.79. The van der Waals surface area contributed by atoms with E-state index in [4.69, 9.17) is 0 Å². The Bertz CT molecular complexity index is 542. The minimum absolute atomic E-state index is 0.379. The number of anilines is 1. The van der Waals surface area contributed by atoms with Crippen LogP contribution in [0.15, 0.2) is 18.2 Å². The van der Waals surface area contributed by atoms with Crippen molar-refractivity contribution in [2.75, 3.05) is 11.9 Å². The van der Waals surface area contributed by atoms with E-state index in [-0.39, 0.29) is 0 Å². The molecule has 4 nitrogen and oxygen atoms in total. The van der Waals surface area contributed by atoms with Crippen LogP contribution in [0, 0.1) is 0 Å². The van der Waals surface area contributed by atoms with Gasteiger partial charge in [0.15, 0.2) is 5.82 Å². The number of hydrogen-bond donors (Lipinski definition) is 2. The van der Waals surface area contributed by atoms with Crippen molar-refractivity contribution in [2.45, 2.75) is 26.2 Å². The standard InChI is InChI=1S/C13H16N4/c1-8(2)12-15-13(17-16-12)10-4-3-9-5-6-14-11(9)7-10/h3-4,7-8,14H,5-6H2,1-2H3,(H,15,16,17). The highest BCUT2D eigenvalue weighted by atomic mass is 15.2. The summed E-state index contributed by atoms with van der Waals surface area (Å²) in [6.07, 6.45) is 1.11. The number of aromatic amines is 1. The number of nitrogens with zero attached hydrogens (tertiary/aromatic N) is 2. The van der Waals surface area contributed by atoms with Gasteiger partial charge in [-0.15, -0.1) is 0 Å². The van der Waals surface area contributed by atoms with Crippen LogP contribution in [0.5, 0.6) is 0 Å². The van der Waals surface area contributed by atoms with Gasteiger partial charge in [-0.1, -0.05) is 26.0 Å². The summed E-state index contributed by atoms with van der Waals surface area (Å²) in [5.41, 5.74) is 3.67. The highest BCUT2D eigenvalue weighted by Crippen LogP contribution is 2.27. The molecule has 0 bridgehead atoms. The van der Waals surface area contributed by atoms with Crippen molar-refractivity contribution in [3.63, 3.8) is 0 Å². The Morgan fingerprint density at radius 1 is 1.29 bits per heavy atom. The first-order valence-corrected chi connectivity index (χ1v) is 6.03. The maximum absolute atomic E-state index is 4.51. The summed E-state index contributed by atoms with van der Waals surface area (Å²) in [7, 11) is 0. The zero-order chi connectivity index (χ0) is 11.8. The second-order valence-corrected chi connectivity index (χ2v) is 4.75. The molecular weight excluding hydrogens is 212 g/mol. The van der Waals surface area contributed by atoms with Gasteiger partial charge in [0.2, 0.25) is 0 Å². The van der Waals surface area contributed by atoms with Crippen LogP contribution in [0.1, 0.15) is 31.2 Å². The molecule has 1 aliphatic rings. The van der Waals surface area contributed by atoms with E-state index >= 15 is 0 Å². The van der Waals surface area contributed by atoms with Crippen LogP contribution in [0.4, 0.5) is 5.69 Å². The molecule has 0 atom stereocenters. The van der Waals surface area contributed by atoms with Crippen molar-refractivity contribution >= 4 is 5.69 Å². The van der Waals surface area contributed by atoms with E-state index in [1.165, 1.54) is 11.3 Å². The van der Waals surface area contributed by atoms with Gasteiger partial charge >= 0.3 is 0 Å². The minimum Gasteiger partial charge on any atom is -0.384 e. The van der Waals surface area contributed by atoms with Crippen LogP contribution in [0.2, 0.25) is 0 Å². The maximum Gasteiger partial charge on any atom is 0.181 e. The van der Waals surface area contributed by atoms with E-state index in [0.717, 1.165) is 30.2 Å². The molecule has 1 aromatic heterocycles. The normalized spacial score (nSPS) is 13.8. The summed E-state index contributed by atoms with van der Waals surface area (Å²) in [6, 6.07) is 6.39. The fourth-order valence-electron chi connectivity index (χ4n) is 2.09. The quantitative estimate of drug-likeness (QED) is 0.830. The molecule has 17 heavy (non-hydrogen) atoms. The molecule has 2 aromatic rings. The van der Waals surface area contributed by atoms with Crippen LogP contribution in [0.3, 0.4) is 0 Å². The molecule has 1 aromatic carbocycles. The summed E-state index contributed by atoms with van der Waals surface area (Å²) in [5, 5.41) is 10.6. The zero-order valence-corrected chi connectivity index (χ0v) is 10.1. The Kier molecular flexibility index (Phi) is 2.35. The molecule has 0 aliphatic carbocycles. The van der Waals surface area contributed by atoms with Crippen LogP contribution >= 0.6 is 0 Å². The van der Waals surface area contributed by atoms with E-state index in [0.29, 0.717) is 5.92 Å². The number of nitrogens with one attached hydrogen (secondary N) is 2. The molecule has 0 spiro atoms. The van der Waals surface area contributed by atoms with Gasteiger partial charge in [0.05, 0.1) is 0 Å². The topological polar surface area (TPSA) is 53.6 Å². The lowest BCUT2D eigenvalue weighted by Crippen LogP contribution is -1.91. The Hall–Kier alpha value is -1.84. The highest BCUT2D eigenvalue weighted by Gasteiger charge is 2.13. The van der Waals surface area contributed by atoms with Gasteiger partial charge in [0.1, 0.15) is 5.82 Å². The molecule has 0 saturated heterocycles. The Morgan fingerprint density at radius 2 is 2.18 bits per heavy atom. The molecule has 4 heteroatoms. The minimum atomic E-state index is 0.379. The first-order chi connectivity index (χ1) is 8.24. The first kappa shape index (κ1) is 10.3. The van der Waals surface area contributed by atoms with E-state index < -0.39 is 0 Å². The van der Waals surface area contributed by atoms with E-state index in [1.807, 2.05) is 0 Å². The van der Waals surface area contributed by atoms with Crippen molar-refractivity contribution in [1.29, 1.82) is 0 Å². The number of benzene rings is 1. The van der Waals surface area contributed by atoms with Crippen molar-refractivity contribution in [3.05, 3.63) is 29.6 Å². The molecule has 0 saturated carbocycles. The summed E-state index contributed by atoms with van der Waals surface area (Å²) < 4.78 is 0. The lowest BCUT2D eigenvalue weighted by Gasteiger charge is -2.01. The van der Waals surface area contributed by atoms with Crippen molar-refractivity contribution in [2.24, 2.45) is 0 Å². The predicted molar refractivity (Wildman–Crippen MR) is 68.1 cm³/mol. The molecule has 1 aliphatic heterocycles. The molecule has 3 rings (SSSR count). The van der Waals surface area contributed by atoms with Gasteiger partial charge in [-0.3, -0.25) is 5.10 Å². The SMILES string of the molecule is CC(C)c1nc(-c2ccc3c(c2)NCC3)n[nH]1. The Morgan fingerprint density at radius 3 is 2.94 bits per heavy atom. The van der Waals surface area contributed by atoms with Crippen LogP contribution in [0.25, 0.3) is 11.4 Å². The van der Waals surface area contributed by atoms with Gasteiger partial charge in [0, 0.05) is 23.7 Å². The smallest absolute Gasteiger partial charge is 0.181 e. The van der Waals surface area contributed by atoms with Gasteiger partial charge in [-0.25, -0.2) is 4.98 Å². The summed E-state index contributed by atoms with van der Waals surface area (Å²) >= 11 is 0. The molecule has 2 heterocycles. The Labute approximate surface area is 100 Å². The first-order valence-electron chi connectivity index (χ1n) is 6.03. The number of hydrogen-bond acceptors (Lipinski definition) is 3. The number of fused-ring (bicyclic) bond motifs is 1. The number of rotatable bonds is 2. The van der Waals surface area contributed by atoms with Crippen molar-refractivity contribution < 1.29 is 0 Å². The predicted octanol–water partition coefficient (Wildman–Crippen LogP) is 2.56. The monoisotopic (exact) mass is 228 g/mol. The molecule has 0 amide bonds. The van der Waals surface area contributed by atoms with Crippen LogP contribution < -0.4 is 5.32 Å². The second kappa shape index (κ2) is 3.87. The Balaban J connectivity index is 1.97. The highest BCUT2D eigenvalue weighted by molar-refractivity contribution is 5.67. The third-order valence-corrected chi connectivity index (χ3v) is 3.13. The molecule has 0 radical (unpaired) electrons. The lowest BCUT2D eigenvalue weighted by molar-refractivity contribution is 0.781. The zero-order valence-electron chi connectivity index (χ0n) is 10.1. The van der Waals surface area contributed by atoms with Gasteiger partial charge in [-0.05, 0) is 18.1 Å². The number of aromatic nitrogens is 3. The maximum atomic E-state index is 4.51. The van der Waals surface area contributed by atoms with E-state index in [1.54, 1.807) is 0 Å². The van der Waals surface area contributed by atoms with Gasteiger partial charge in [-0.2, -0.15) is 5.10 Å². The summed E-state index contributed by atoms with van der Waals surface area (Å²) in [5.74, 6) is 2.10. The van der Waals surface area contributed by atoms with Crippen molar-refractivity contribution in [1.82, 2.24) is 15.2 Å².